The summed E-state index contributed by atoms with van der Waals surface area (Å²) >= 11 is 6.92. The summed E-state index contributed by atoms with van der Waals surface area (Å²) in [6.07, 6.45) is -3.28. The van der Waals surface area contributed by atoms with Gasteiger partial charge in [0.15, 0.2) is 11.6 Å². The number of aryl methyl sites for hydroxylation is 1. The van der Waals surface area contributed by atoms with Gasteiger partial charge in [0.2, 0.25) is 15.9 Å². The number of aromatic nitrogens is 6. The van der Waals surface area contributed by atoms with Crippen LogP contribution in [0.15, 0.2) is 77.6 Å². The van der Waals surface area contributed by atoms with Crippen molar-refractivity contribution >= 4 is 60.9 Å². The molecule has 0 radical (unpaired) electrons. The highest BCUT2D eigenvalue weighted by Gasteiger charge is 2.68. The van der Waals surface area contributed by atoms with Gasteiger partial charge in [-0.05, 0) is 78.4 Å². The third-order valence-corrected chi connectivity index (χ3v) is 14.3. The molecule has 4 aromatic carbocycles. The maximum absolute atomic E-state index is 16.4. The summed E-state index contributed by atoms with van der Waals surface area (Å²) < 4.78 is 129. The Hall–Kier alpha value is -6.74. The quantitative estimate of drug-likeness (QED) is 0.0824. The summed E-state index contributed by atoms with van der Waals surface area (Å²) in [7, 11) is -1.28. The van der Waals surface area contributed by atoms with Crippen LogP contribution in [0, 0.1) is 23.0 Å². The van der Waals surface area contributed by atoms with Crippen LogP contribution in [0.2, 0.25) is 5.02 Å². The number of nitrogens with two attached hydrogens (primary N) is 1. The highest BCUT2D eigenvalue weighted by atomic mass is 35.5. The summed E-state index contributed by atoms with van der Waals surface area (Å²) in [4.78, 5) is 48.2. The van der Waals surface area contributed by atoms with E-state index in [1.54, 1.807) is 45.0 Å². The fourth-order valence-corrected chi connectivity index (χ4v) is 10.7. The number of carbonyl (C=O) groups is 2. The number of benzene rings is 4. The van der Waals surface area contributed by atoms with Crippen LogP contribution in [-0.2, 0) is 40.8 Å². The van der Waals surface area contributed by atoms with Crippen molar-refractivity contribution in [3.8, 4) is 11.4 Å². The molecule has 1 fully saturated rings. The third kappa shape index (κ3) is 8.15. The number of sulfonamides is 1. The second-order valence-corrected chi connectivity index (χ2v) is 21.0. The lowest BCUT2D eigenvalue weighted by molar-refractivity contribution is -0.122. The number of primary amides is 1. The fraction of sp³-hybridized carbons (Fsp3) is 0.333. The van der Waals surface area contributed by atoms with Crippen LogP contribution in [0.4, 0.5) is 32.2 Å². The minimum atomic E-state index is -4.18. The fourth-order valence-electron chi connectivity index (χ4n) is 9.63. The van der Waals surface area contributed by atoms with Gasteiger partial charge in [0.25, 0.3) is 17.9 Å². The Morgan fingerprint density at radius 3 is 2.26 bits per heavy atom. The number of methoxy groups -OCH3 is 1. The molecule has 4 atom stereocenters. The summed E-state index contributed by atoms with van der Waals surface area (Å²) in [6, 6.07) is 13.4. The lowest BCUT2D eigenvalue weighted by atomic mass is 9.86. The van der Waals surface area contributed by atoms with E-state index in [2.05, 4.69) is 10.2 Å². The summed E-state index contributed by atoms with van der Waals surface area (Å²) in [5.74, 6) is -12.2. The van der Waals surface area contributed by atoms with Crippen LogP contribution >= 0.6 is 11.6 Å². The zero-order valence-electron chi connectivity index (χ0n) is 38.1. The largest absolute Gasteiger partial charge is 0.497 e. The Morgan fingerprint density at radius 1 is 0.986 bits per heavy atom. The lowest BCUT2D eigenvalue weighted by Crippen LogP contribution is -2.39. The van der Waals surface area contributed by atoms with Gasteiger partial charge in [-0.3, -0.25) is 23.6 Å². The summed E-state index contributed by atoms with van der Waals surface area (Å²) in [6.45, 7) is 4.72. The number of carbonyl (C=O) groups excluding carboxylic acids is 2. The molecule has 2 N–H and O–H groups in total. The van der Waals surface area contributed by atoms with Crippen LogP contribution in [0.25, 0.3) is 27.5 Å². The molecule has 1 saturated carbocycles. The average Bonchev–Trinajstić information content (AvgIpc) is 3.79. The Morgan fingerprint density at radius 2 is 1.66 bits per heavy atom. The second kappa shape index (κ2) is 17.0. The van der Waals surface area contributed by atoms with Gasteiger partial charge < -0.3 is 10.5 Å². The zero-order chi connectivity index (χ0) is 50.7. The highest BCUT2D eigenvalue weighted by Crippen LogP contribution is 2.68. The second-order valence-electron chi connectivity index (χ2n) is 18.7. The number of amides is 1. The molecule has 22 heteroatoms. The molecule has 14 nitrogen and oxygen atoms in total. The van der Waals surface area contributed by atoms with Gasteiger partial charge in [0, 0.05) is 35.6 Å². The maximum atomic E-state index is 16.4. The molecule has 0 spiro atoms. The van der Waals surface area contributed by atoms with Gasteiger partial charge in [-0.2, -0.15) is 19.0 Å². The van der Waals surface area contributed by atoms with Crippen molar-refractivity contribution in [2.75, 3.05) is 17.7 Å². The number of alkyl halides is 4. The van der Waals surface area contributed by atoms with E-state index in [1.807, 2.05) is 0 Å². The molecule has 7 aromatic rings. The molecular formula is C48H43ClF6N8O6S. The van der Waals surface area contributed by atoms with Crippen molar-refractivity contribution in [2.24, 2.45) is 24.1 Å². The molecule has 0 aliphatic heterocycles. The molecule has 9 rings (SSSR count). The van der Waals surface area contributed by atoms with Crippen molar-refractivity contribution in [3.63, 3.8) is 0 Å². The van der Waals surface area contributed by atoms with Crippen molar-refractivity contribution in [1.29, 1.82) is 0 Å². The summed E-state index contributed by atoms with van der Waals surface area (Å²) in [5, 5.41) is 8.35. The Balaban J connectivity index is 1.37. The monoisotopic (exact) mass is 1010 g/mol. The van der Waals surface area contributed by atoms with E-state index in [-0.39, 0.29) is 68.2 Å². The average molecular weight is 1010 g/mol. The van der Waals surface area contributed by atoms with Gasteiger partial charge in [-0.1, -0.05) is 50.6 Å². The molecule has 1 amide bonds. The lowest BCUT2D eigenvalue weighted by Gasteiger charge is -2.30. The Kier molecular flexibility index (Phi) is 11.7. The predicted molar refractivity (Wildman–Crippen MR) is 247 cm³/mol. The van der Waals surface area contributed by atoms with E-state index < -0.39 is 104 Å². The number of fused-ring (bicyclic) bond motifs is 5. The Bertz CT molecular complexity index is 3480. The smallest absolute Gasteiger partial charge is 0.293 e. The minimum absolute atomic E-state index is 0.00678. The maximum Gasteiger partial charge on any atom is 0.293 e. The first kappa shape index (κ1) is 48.3. The summed E-state index contributed by atoms with van der Waals surface area (Å²) in [5.41, 5.74) is 1.92. The van der Waals surface area contributed by atoms with Crippen LogP contribution in [0.1, 0.15) is 95.8 Å². The number of anilines is 1. The van der Waals surface area contributed by atoms with Crippen LogP contribution < -0.4 is 20.3 Å². The molecule has 70 heavy (non-hydrogen) atoms. The van der Waals surface area contributed by atoms with Gasteiger partial charge in [-0.15, -0.1) is 0 Å². The number of Topliss-reactive ketones (excluding diaryl/α,β-unsaturated/α-hetero) is 1. The normalized spacial score (nSPS) is 17.2. The van der Waals surface area contributed by atoms with Crippen LogP contribution in [-0.4, -0.2) is 62.6 Å². The number of nitrogens with zero attached hydrogens (tertiary/aromatic N) is 7. The van der Waals surface area contributed by atoms with E-state index in [1.165, 1.54) is 49.2 Å². The SMILES string of the molecule is COc1ccc(CN(c2nn(C)c3c(-n4c([C@@H](Cc5cc(F)cc(F)c5)C(C(N)=O)n5nc(C(F)F)c6c5C(F)(F)[C@@H]5C[C@H]65)nc5cc(C(=O)C(C)(C)C)ccc5c4=O)ccc(Cl)c23)S(C)(=O)=O)cc1. The number of ether oxygens (including phenoxy) is 1. The molecule has 1 unspecified atom stereocenters. The van der Waals surface area contributed by atoms with Gasteiger partial charge in [-0.25, -0.2) is 40.0 Å². The number of hydrogen-bond donors (Lipinski definition) is 1. The van der Waals surface area contributed by atoms with Gasteiger partial charge in [0.1, 0.15) is 40.6 Å². The van der Waals surface area contributed by atoms with E-state index in [0.29, 0.717) is 22.1 Å². The number of rotatable bonds is 14. The van der Waals surface area contributed by atoms with Crippen LogP contribution in [0.3, 0.4) is 0 Å². The molecule has 2 aliphatic carbocycles. The third-order valence-electron chi connectivity index (χ3n) is 12.9. The minimum Gasteiger partial charge on any atom is -0.497 e. The molecular weight excluding hydrogens is 966 g/mol. The van der Waals surface area contributed by atoms with Gasteiger partial charge >= 0.3 is 0 Å². The molecule has 0 bridgehead atoms. The van der Waals surface area contributed by atoms with Crippen molar-refractivity contribution < 1.29 is 49.1 Å². The predicted octanol–water partition coefficient (Wildman–Crippen LogP) is 8.80. The van der Waals surface area contributed by atoms with E-state index in [0.717, 1.165) is 27.3 Å². The van der Waals surface area contributed by atoms with Crippen molar-refractivity contribution in [2.45, 2.75) is 70.4 Å². The van der Waals surface area contributed by atoms with Gasteiger partial charge in [0.05, 0.1) is 58.3 Å². The number of ketones is 1. The highest BCUT2D eigenvalue weighted by molar-refractivity contribution is 7.92. The standard InChI is InChI=1S/C48H43ClF6N8O6S/c1-47(2,3)41(64)24-9-12-28-33(18-24)57-44(30(17-23-15-25(50)19-26(51)16-23)38(43(56)65)63-40-35(37(58-63)42(52)53)29-20-31(29)48(40,54)55)62(46(28)66)34-14-13-32(49)36-39(34)60(4)59-45(36)61(70(6,67)68)21-22-7-10-27(69-5)11-8-22/h7-16,18-19,29-31,38,42H,17,20-21H2,1-6H3,(H2,56,65)/t29-,30-,31+,38?/m0/s1. The van der Waals surface area contributed by atoms with E-state index >= 15 is 22.4 Å². The number of halogens is 7. The zero-order valence-corrected chi connectivity index (χ0v) is 39.7. The van der Waals surface area contributed by atoms with Crippen molar-refractivity contribution in [3.05, 3.63) is 139 Å². The Labute approximate surface area is 400 Å². The van der Waals surface area contributed by atoms with E-state index in [9.17, 15) is 26.8 Å². The van der Waals surface area contributed by atoms with Crippen LogP contribution in [0.5, 0.6) is 5.75 Å². The molecule has 0 saturated heterocycles. The first-order valence-electron chi connectivity index (χ1n) is 21.7. The topological polar surface area (TPSA) is 177 Å². The molecule has 366 valence electrons. The molecule has 2 aliphatic rings. The number of hydrogen-bond acceptors (Lipinski definition) is 9. The first-order valence-corrected chi connectivity index (χ1v) is 23.9. The first-order chi connectivity index (χ1) is 32.8. The van der Waals surface area contributed by atoms with E-state index in [4.69, 9.17) is 27.1 Å². The van der Waals surface area contributed by atoms with Crippen molar-refractivity contribution in [1.82, 2.24) is 29.1 Å². The molecule has 3 aromatic heterocycles. The molecule has 3 heterocycles.